The maximum absolute atomic E-state index is 6.64. The van der Waals surface area contributed by atoms with Crippen LogP contribution in [0, 0.1) is 6.92 Å². The number of nitrogens with one attached hydrogen (secondary N) is 1. The minimum atomic E-state index is 0.102. The van der Waals surface area contributed by atoms with Crippen LogP contribution in [0.15, 0.2) is 18.5 Å². The third-order valence-electron chi connectivity index (χ3n) is 7.16. The number of ether oxygens (including phenoxy) is 4. The normalized spacial score (nSPS) is 21.7. The van der Waals surface area contributed by atoms with E-state index in [4.69, 9.17) is 18.9 Å². The molecule has 6 rings (SSSR count). The van der Waals surface area contributed by atoms with E-state index in [-0.39, 0.29) is 6.10 Å². The summed E-state index contributed by atoms with van der Waals surface area (Å²) in [5, 5.41) is 4.44. The van der Waals surface area contributed by atoms with Gasteiger partial charge in [0.25, 0.3) is 0 Å². The van der Waals surface area contributed by atoms with Gasteiger partial charge in [0.05, 0.1) is 44.2 Å². The van der Waals surface area contributed by atoms with Crippen molar-refractivity contribution in [2.24, 2.45) is 0 Å². The van der Waals surface area contributed by atoms with Gasteiger partial charge in [0.2, 0.25) is 5.88 Å². The van der Waals surface area contributed by atoms with Gasteiger partial charge in [-0.2, -0.15) is 0 Å². The van der Waals surface area contributed by atoms with Crippen LogP contribution >= 0.6 is 0 Å². The average Bonchev–Trinajstić information content (AvgIpc) is 3.38. The summed E-state index contributed by atoms with van der Waals surface area (Å²) in [5.74, 6) is 3.73. The second-order valence-corrected chi connectivity index (χ2v) is 9.55. The van der Waals surface area contributed by atoms with Crippen molar-refractivity contribution >= 4 is 22.4 Å². The number of benzene rings is 1. The molecule has 0 radical (unpaired) electrons. The Balaban J connectivity index is 1.19. The molecule has 1 aliphatic carbocycles. The summed E-state index contributed by atoms with van der Waals surface area (Å²) >= 11 is 0. The Kier molecular flexibility index (Phi) is 6.35. The highest BCUT2D eigenvalue weighted by Gasteiger charge is 2.27. The van der Waals surface area contributed by atoms with E-state index in [1.165, 1.54) is 0 Å². The van der Waals surface area contributed by atoms with Gasteiger partial charge in [0, 0.05) is 37.3 Å². The highest BCUT2D eigenvalue weighted by Crippen LogP contribution is 2.38. The second kappa shape index (κ2) is 9.93. The molecule has 3 aromatic rings. The zero-order chi connectivity index (χ0) is 24.5. The van der Waals surface area contributed by atoms with Crippen molar-refractivity contribution in [3.05, 3.63) is 30.0 Å². The fourth-order valence-corrected chi connectivity index (χ4v) is 5.35. The summed E-state index contributed by atoms with van der Waals surface area (Å²) in [6.45, 7) is 5.74. The molecule has 3 aliphatic rings. The van der Waals surface area contributed by atoms with Crippen LogP contribution in [0.2, 0.25) is 0 Å². The molecule has 1 aromatic carbocycles. The molecule has 190 valence electrons. The van der Waals surface area contributed by atoms with Crippen LogP contribution in [0.1, 0.15) is 37.2 Å². The number of rotatable bonds is 6. The van der Waals surface area contributed by atoms with Gasteiger partial charge in [-0.15, -0.1) is 0 Å². The van der Waals surface area contributed by atoms with Crippen LogP contribution in [0.25, 0.3) is 10.9 Å². The number of hydrogen-bond acceptors (Lipinski definition) is 10. The molecule has 0 bridgehead atoms. The van der Waals surface area contributed by atoms with Crippen molar-refractivity contribution in [3.63, 3.8) is 0 Å². The van der Waals surface area contributed by atoms with E-state index in [1.807, 2.05) is 6.92 Å². The van der Waals surface area contributed by atoms with Crippen LogP contribution in [0.5, 0.6) is 17.4 Å². The first-order valence-corrected chi connectivity index (χ1v) is 12.8. The van der Waals surface area contributed by atoms with Gasteiger partial charge in [0.15, 0.2) is 11.6 Å². The van der Waals surface area contributed by atoms with E-state index in [1.54, 1.807) is 13.4 Å². The third-order valence-corrected chi connectivity index (χ3v) is 7.16. The first-order valence-electron chi connectivity index (χ1n) is 12.8. The number of aromatic nitrogens is 4. The summed E-state index contributed by atoms with van der Waals surface area (Å²) in [5.41, 5.74) is 2.92. The smallest absolute Gasteiger partial charge is 0.228 e. The molecule has 0 amide bonds. The molecule has 0 spiro atoms. The fourth-order valence-electron chi connectivity index (χ4n) is 5.35. The molecule has 4 heterocycles. The maximum Gasteiger partial charge on any atom is 0.228 e. The fraction of sp³-hybridized carbons (Fsp3) is 0.538. The topological polar surface area (TPSA) is 104 Å². The number of morpholine rings is 1. The molecule has 36 heavy (non-hydrogen) atoms. The average molecular weight is 493 g/mol. The van der Waals surface area contributed by atoms with Crippen LogP contribution in [-0.2, 0) is 11.2 Å². The highest BCUT2D eigenvalue weighted by molar-refractivity contribution is 5.92. The van der Waals surface area contributed by atoms with Gasteiger partial charge in [0.1, 0.15) is 23.3 Å². The van der Waals surface area contributed by atoms with E-state index in [0.717, 1.165) is 104 Å². The molecule has 1 saturated heterocycles. The molecule has 0 unspecified atom stereocenters. The predicted molar refractivity (Wildman–Crippen MR) is 135 cm³/mol. The number of hydrogen-bond donors (Lipinski definition) is 1. The second-order valence-electron chi connectivity index (χ2n) is 9.55. The van der Waals surface area contributed by atoms with E-state index >= 15 is 0 Å². The maximum atomic E-state index is 6.64. The number of methoxy groups -OCH3 is 1. The summed E-state index contributed by atoms with van der Waals surface area (Å²) in [6.07, 6.45) is 6.33. The molecule has 2 fully saturated rings. The number of nitrogens with zero attached hydrogens (tertiary/aromatic N) is 5. The molecular formula is C26H32N6O4. The zero-order valence-corrected chi connectivity index (χ0v) is 20.8. The molecule has 0 atom stereocenters. The van der Waals surface area contributed by atoms with Crippen LogP contribution in [0.3, 0.4) is 0 Å². The predicted octanol–water partition coefficient (Wildman–Crippen LogP) is 3.31. The van der Waals surface area contributed by atoms with E-state index in [0.29, 0.717) is 18.5 Å². The summed E-state index contributed by atoms with van der Waals surface area (Å²) in [4.78, 5) is 20.3. The molecule has 10 heteroatoms. The van der Waals surface area contributed by atoms with Gasteiger partial charge < -0.3 is 29.2 Å². The Morgan fingerprint density at radius 1 is 1.03 bits per heavy atom. The number of anilines is 2. The first kappa shape index (κ1) is 23.0. The summed E-state index contributed by atoms with van der Waals surface area (Å²) in [6, 6.07) is 4.51. The van der Waals surface area contributed by atoms with Crippen molar-refractivity contribution in [2.45, 2.75) is 51.2 Å². The first-order chi connectivity index (χ1) is 17.7. The summed E-state index contributed by atoms with van der Waals surface area (Å²) in [7, 11) is 1.63. The largest absolute Gasteiger partial charge is 0.489 e. The minimum Gasteiger partial charge on any atom is -0.489 e. The Morgan fingerprint density at radius 2 is 1.86 bits per heavy atom. The Labute approximate surface area is 210 Å². The monoisotopic (exact) mass is 492 g/mol. The Bertz CT molecular complexity index is 1240. The number of aryl methyl sites for hydroxylation is 1. The zero-order valence-electron chi connectivity index (χ0n) is 20.8. The molecular weight excluding hydrogens is 460 g/mol. The minimum absolute atomic E-state index is 0.102. The van der Waals surface area contributed by atoms with E-state index in [9.17, 15) is 0 Å². The standard InChI is InChI=1S/C26H32N6O4/c1-16-29-20-7-10-35-24(20)25(30-16)31-17-3-5-19(6-4-17)36-22-14-18(32-8-11-34-12-9-32)13-21-23(22)26(33-2)28-15-27-21/h13-15,17,19H,3-12H2,1-2H3,(H,29,30,31)/t17-,19+. The van der Waals surface area contributed by atoms with E-state index in [2.05, 4.69) is 42.3 Å². The molecule has 1 N–H and O–H groups in total. The van der Waals surface area contributed by atoms with Gasteiger partial charge in [-0.25, -0.2) is 19.9 Å². The van der Waals surface area contributed by atoms with Crippen molar-refractivity contribution in [1.29, 1.82) is 0 Å². The lowest BCUT2D eigenvalue weighted by atomic mass is 9.93. The van der Waals surface area contributed by atoms with Crippen LogP contribution < -0.4 is 24.4 Å². The van der Waals surface area contributed by atoms with E-state index < -0.39 is 0 Å². The number of fused-ring (bicyclic) bond motifs is 2. The molecule has 1 saturated carbocycles. The van der Waals surface area contributed by atoms with Gasteiger partial charge >= 0.3 is 0 Å². The van der Waals surface area contributed by atoms with Crippen molar-refractivity contribution < 1.29 is 18.9 Å². The molecule has 2 aliphatic heterocycles. The lowest BCUT2D eigenvalue weighted by Crippen LogP contribution is -2.36. The van der Waals surface area contributed by atoms with Gasteiger partial charge in [-0.3, -0.25) is 0 Å². The van der Waals surface area contributed by atoms with Crippen LogP contribution in [-0.4, -0.2) is 72.1 Å². The lowest BCUT2D eigenvalue weighted by molar-refractivity contribution is 0.122. The van der Waals surface area contributed by atoms with Crippen molar-refractivity contribution in [1.82, 2.24) is 19.9 Å². The van der Waals surface area contributed by atoms with Gasteiger partial charge in [-0.05, 0) is 38.7 Å². The lowest BCUT2D eigenvalue weighted by Gasteiger charge is -2.32. The molecule has 2 aromatic heterocycles. The van der Waals surface area contributed by atoms with Crippen molar-refractivity contribution in [3.8, 4) is 17.4 Å². The van der Waals surface area contributed by atoms with Crippen LogP contribution in [0.4, 0.5) is 11.5 Å². The third kappa shape index (κ3) is 4.57. The molecule has 10 nitrogen and oxygen atoms in total. The summed E-state index contributed by atoms with van der Waals surface area (Å²) < 4.78 is 23.6. The highest BCUT2D eigenvalue weighted by atomic mass is 16.5. The SMILES string of the molecule is COc1ncnc2cc(N3CCOCC3)cc(O[C@H]3CC[C@@H](Nc4nc(C)nc5c4OCC5)CC3)c12. The van der Waals surface area contributed by atoms with Crippen molar-refractivity contribution in [2.75, 3.05) is 50.2 Å². The van der Waals surface area contributed by atoms with Gasteiger partial charge in [-0.1, -0.05) is 0 Å². The Hall–Kier alpha value is -3.40. The Morgan fingerprint density at radius 3 is 2.67 bits per heavy atom. The quantitative estimate of drug-likeness (QED) is 0.551.